The van der Waals surface area contributed by atoms with E-state index in [-0.39, 0.29) is 0 Å². The first-order valence-corrected chi connectivity index (χ1v) is 6.23. The molecule has 1 aromatic carbocycles. The molecule has 0 atom stereocenters. The molecule has 0 aliphatic rings. The van der Waals surface area contributed by atoms with Crippen molar-refractivity contribution in [3.05, 3.63) is 53.9 Å². The highest BCUT2D eigenvalue weighted by Gasteiger charge is 1.96. The molecule has 2 nitrogen and oxygen atoms in total. The molecule has 0 saturated carbocycles. The molecule has 2 aromatic rings. The summed E-state index contributed by atoms with van der Waals surface area (Å²) >= 11 is 0. The molecule has 2 heteroatoms. The lowest BCUT2D eigenvalue weighted by Crippen LogP contribution is -1.98. The minimum Gasteiger partial charge on any atom is -0.381 e. The van der Waals surface area contributed by atoms with Gasteiger partial charge in [-0.05, 0) is 37.1 Å². The van der Waals surface area contributed by atoms with Crippen molar-refractivity contribution in [3.8, 4) is 0 Å². The SMILES string of the molecule is CCCn1ccc(CNc2ccc(C)cc2)c1. The van der Waals surface area contributed by atoms with Crippen LogP contribution >= 0.6 is 0 Å². The Kier molecular flexibility index (Phi) is 3.86. The molecular formula is C15H20N2. The second-order valence-electron chi connectivity index (χ2n) is 4.48. The van der Waals surface area contributed by atoms with Gasteiger partial charge in [-0.1, -0.05) is 24.6 Å². The molecule has 0 fully saturated rings. The molecule has 0 unspecified atom stereocenters. The zero-order valence-corrected chi connectivity index (χ0v) is 10.6. The van der Waals surface area contributed by atoms with E-state index in [1.54, 1.807) is 0 Å². The first kappa shape index (κ1) is 11.8. The molecule has 0 radical (unpaired) electrons. The molecule has 0 amide bonds. The Morgan fingerprint density at radius 2 is 1.88 bits per heavy atom. The molecule has 0 bridgehead atoms. The number of rotatable bonds is 5. The quantitative estimate of drug-likeness (QED) is 0.823. The maximum absolute atomic E-state index is 3.43. The van der Waals surface area contributed by atoms with E-state index >= 15 is 0 Å². The van der Waals surface area contributed by atoms with Gasteiger partial charge in [0, 0.05) is 31.2 Å². The fourth-order valence-corrected chi connectivity index (χ4v) is 1.87. The van der Waals surface area contributed by atoms with Crippen LogP contribution in [0.15, 0.2) is 42.7 Å². The maximum Gasteiger partial charge on any atom is 0.0415 e. The van der Waals surface area contributed by atoms with Crippen molar-refractivity contribution in [3.63, 3.8) is 0 Å². The summed E-state index contributed by atoms with van der Waals surface area (Å²) < 4.78 is 2.24. The van der Waals surface area contributed by atoms with Crippen LogP contribution in [0.3, 0.4) is 0 Å². The van der Waals surface area contributed by atoms with E-state index in [4.69, 9.17) is 0 Å². The molecule has 0 saturated heterocycles. The van der Waals surface area contributed by atoms with Crippen LogP contribution in [-0.4, -0.2) is 4.57 Å². The van der Waals surface area contributed by atoms with Gasteiger partial charge in [0.1, 0.15) is 0 Å². The van der Waals surface area contributed by atoms with Crippen LogP contribution in [0.4, 0.5) is 5.69 Å². The molecule has 0 aliphatic carbocycles. The van der Waals surface area contributed by atoms with Gasteiger partial charge in [0.15, 0.2) is 0 Å². The van der Waals surface area contributed by atoms with Crippen molar-refractivity contribution in [2.24, 2.45) is 0 Å². The number of anilines is 1. The van der Waals surface area contributed by atoms with Crippen LogP contribution in [0, 0.1) is 6.92 Å². The van der Waals surface area contributed by atoms with Gasteiger partial charge in [-0.3, -0.25) is 0 Å². The van der Waals surface area contributed by atoms with Gasteiger partial charge in [-0.15, -0.1) is 0 Å². The lowest BCUT2D eigenvalue weighted by atomic mass is 10.2. The number of aromatic nitrogens is 1. The molecule has 1 aromatic heterocycles. The largest absolute Gasteiger partial charge is 0.381 e. The Hall–Kier alpha value is -1.70. The Balaban J connectivity index is 1.90. The van der Waals surface area contributed by atoms with Gasteiger partial charge in [-0.2, -0.15) is 0 Å². The lowest BCUT2D eigenvalue weighted by molar-refractivity contribution is 0.682. The second kappa shape index (κ2) is 5.58. The third-order valence-corrected chi connectivity index (χ3v) is 2.84. The summed E-state index contributed by atoms with van der Waals surface area (Å²) in [6.07, 6.45) is 5.54. The average molecular weight is 228 g/mol. The minimum atomic E-state index is 0.889. The maximum atomic E-state index is 3.43. The van der Waals surface area contributed by atoms with Crippen LogP contribution in [0.5, 0.6) is 0 Å². The Labute approximate surface area is 103 Å². The third-order valence-electron chi connectivity index (χ3n) is 2.84. The van der Waals surface area contributed by atoms with Gasteiger partial charge in [0.05, 0.1) is 0 Å². The highest BCUT2D eigenvalue weighted by Crippen LogP contribution is 2.11. The number of benzene rings is 1. The van der Waals surface area contributed by atoms with Crippen molar-refractivity contribution in [1.29, 1.82) is 0 Å². The predicted molar refractivity (Wildman–Crippen MR) is 73.2 cm³/mol. The van der Waals surface area contributed by atoms with Gasteiger partial charge in [-0.25, -0.2) is 0 Å². The number of nitrogens with one attached hydrogen (secondary N) is 1. The van der Waals surface area contributed by atoms with Gasteiger partial charge in [0.2, 0.25) is 0 Å². The first-order valence-electron chi connectivity index (χ1n) is 6.23. The molecular weight excluding hydrogens is 208 g/mol. The zero-order valence-electron chi connectivity index (χ0n) is 10.6. The zero-order chi connectivity index (χ0) is 12.1. The van der Waals surface area contributed by atoms with E-state index in [2.05, 4.69) is 66.5 Å². The number of aryl methyl sites for hydroxylation is 2. The summed E-state index contributed by atoms with van der Waals surface area (Å²) in [5.74, 6) is 0. The van der Waals surface area contributed by atoms with E-state index in [9.17, 15) is 0 Å². The number of nitrogens with zero attached hydrogens (tertiary/aromatic N) is 1. The van der Waals surface area contributed by atoms with Gasteiger partial charge >= 0.3 is 0 Å². The van der Waals surface area contributed by atoms with Crippen molar-refractivity contribution >= 4 is 5.69 Å². The van der Waals surface area contributed by atoms with Crippen LogP contribution in [-0.2, 0) is 13.1 Å². The fourth-order valence-electron chi connectivity index (χ4n) is 1.87. The van der Waals surface area contributed by atoms with E-state index in [1.165, 1.54) is 23.2 Å². The standard InChI is InChI=1S/C15H20N2/c1-3-9-17-10-8-14(12-17)11-16-15-6-4-13(2)5-7-15/h4-8,10,12,16H,3,9,11H2,1-2H3. The fraction of sp³-hybridized carbons (Fsp3) is 0.333. The second-order valence-corrected chi connectivity index (χ2v) is 4.48. The number of hydrogen-bond acceptors (Lipinski definition) is 1. The first-order chi connectivity index (χ1) is 8.28. The summed E-state index contributed by atoms with van der Waals surface area (Å²) in [6, 6.07) is 10.7. The molecule has 90 valence electrons. The van der Waals surface area contributed by atoms with E-state index in [0.29, 0.717) is 0 Å². The van der Waals surface area contributed by atoms with E-state index in [1.807, 2.05) is 0 Å². The highest BCUT2D eigenvalue weighted by molar-refractivity contribution is 5.44. The summed E-state index contributed by atoms with van der Waals surface area (Å²) in [6.45, 7) is 6.29. The van der Waals surface area contributed by atoms with Crippen molar-refractivity contribution < 1.29 is 0 Å². The van der Waals surface area contributed by atoms with Crippen LogP contribution in [0.25, 0.3) is 0 Å². The summed E-state index contributed by atoms with van der Waals surface area (Å²) in [5, 5.41) is 3.43. The summed E-state index contributed by atoms with van der Waals surface area (Å²) in [5.41, 5.74) is 3.81. The van der Waals surface area contributed by atoms with Gasteiger partial charge < -0.3 is 9.88 Å². The smallest absolute Gasteiger partial charge is 0.0415 e. The topological polar surface area (TPSA) is 17.0 Å². The summed E-state index contributed by atoms with van der Waals surface area (Å²) in [4.78, 5) is 0. The van der Waals surface area contributed by atoms with Gasteiger partial charge in [0.25, 0.3) is 0 Å². The van der Waals surface area contributed by atoms with Crippen LogP contribution in [0.1, 0.15) is 24.5 Å². The van der Waals surface area contributed by atoms with Crippen LogP contribution < -0.4 is 5.32 Å². The average Bonchev–Trinajstić information content (AvgIpc) is 2.77. The summed E-state index contributed by atoms with van der Waals surface area (Å²) in [7, 11) is 0. The molecule has 2 rings (SSSR count). The lowest BCUT2D eigenvalue weighted by Gasteiger charge is -2.05. The highest BCUT2D eigenvalue weighted by atomic mass is 14.9. The predicted octanol–water partition coefficient (Wildman–Crippen LogP) is 3.82. The van der Waals surface area contributed by atoms with E-state index < -0.39 is 0 Å². The molecule has 1 N–H and O–H groups in total. The van der Waals surface area contributed by atoms with Crippen molar-refractivity contribution in [2.45, 2.75) is 33.4 Å². The Morgan fingerprint density at radius 1 is 1.12 bits per heavy atom. The van der Waals surface area contributed by atoms with Crippen molar-refractivity contribution in [1.82, 2.24) is 4.57 Å². The molecule has 0 spiro atoms. The Bertz CT molecular complexity index is 454. The minimum absolute atomic E-state index is 0.889. The Morgan fingerprint density at radius 3 is 2.59 bits per heavy atom. The van der Waals surface area contributed by atoms with E-state index in [0.717, 1.165) is 13.1 Å². The van der Waals surface area contributed by atoms with Crippen LogP contribution in [0.2, 0.25) is 0 Å². The monoisotopic (exact) mass is 228 g/mol. The molecule has 1 heterocycles. The molecule has 17 heavy (non-hydrogen) atoms. The van der Waals surface area contributed by atoms with Crippen molar-refractivity contribution in [2.75, 3.05) is 5.32 Å². The molecule has 0 aliphatic heterocycles. The third kappa shape index (κ3) is 3.38. The number of hydrogen-bond donors (Lipinski definition) is 1. The normalized spacial score (nSPS) is 10.5.